The van der Waals surface area contributed by atoms with Crippen LogP contribution in [0.4, 0.5) is 5.69 Å². The van der Waals surface area contributed by atoms with Gasteiger partial charge in [-0.1, -0.05) is 12.1 Å². The van der Waals surface area contributed by atoms with Crippen LogP contribution < -0.4 is 0 Å². The summed E-state index contributed by atoms with van der Waals surface area (Å²) < 4.78 is 1.92. The zero-order valence-corrected chi connectivity index (χ0v) is 10.5. The summed E-state index contributed by atoms with van der Waals surface area (Å²) in [6, 6.07) is 6.83. The minimum Gasteiger partial charge on any atom is -0.481 e. The fourth-order valence-corrected chi connectivity index (χ4v) is 1.02. The molecule has 1 aromatic rings. The fraction of sp³-hybridized carbons (Fsp3) is 0.100. The van der Waals surface area contributed by atoms with Crippen molar-refractivity contribution in [3.8, 4) is 0 Å². The van der Waals surface area contributed by atoms with Crippen LogP contribution in [-0.4, -0.2) is 20.6 Å². The molecule has 16 heavy (non-hydrogen) atoms. The maximum absolute atomic E-state index is 10.3. The minimum atomic E-state index is -0.842. The second kappa shape index (κ2) is 8.97. The largest absolute Gasteiger partial charge is 0.481 e. The molecule has 1 rings (SSSR count). The summed E-state index contributed by atoms with van der Waals surface area (Å²) in [5.74, 6) is -0.842. The molecule has 0 aliphatic heterocycles. The maximum Gasteiger partial charge on any atom is 0.307 e. The van der Waals surface area contributed by atoms with E-state index < -0.39 is 5.97 Å². The highest BCUT2D eigenvalue weighted by Gasteiger charge is 1.98. The number of carboxylic acids is 1. The van der Waals surface area contributed by atoms with Gasteiger partial charge in [-0.3, -0.25) is 4.79 Å². The highest BCUT2D eigenvalue weighted by Crippen LogP contribution is 2.12. The lowest BCUT2D eigenvalue weighted by Gasteiger charge is -1.96. The molecule has 3 nitrogen and oxygen atoms in total. The normalized spacial score (nSPS) is 7.75. The molecule has 1 aromatic carbocycles. The average molecular weight is 269 g/mol. The first-order valence-corrected chi connectivity index (χ1v) is 5.24. The van der Waals surface area contributed by atoms with E-state index in [9.17, 15) is 4.79 Å². The van der Waals surface area contributed by atoms with Crippen LogP contribution in [0.5, 0.6) is 0 Å². The monoisotopic (exact) mass is 269 g/mol. The molecule has 0 bridgehead atoms. The third-order valence-electron chi connectivity index (χ3n) is 1.47. The number of nitrogens with zero attached hydrogens (tertiary/aromatic N) is 1. The predicted octanol–water partition coefficient (Wildman–Crippen LogP) is 3.07. The third-order valence-corrected chi connectivity index (χ3v) is 1.56. The standard InChI is InChI=1S/C9H7NO2S.CS2/c11-9(12)5-7-1-3-8(4-2-7)10-6-13;2-1-3/h1-4H,5H2,(H,11,12);. The van der Waals surface area contributed by atoms with Crippen molar-refractivity contribution in [2.24, 2.45) is 4.99 Å². The van der Waals surface area contributed by atoms with E-state index in [0.717, 1.165) is 5.56 Å². The second-order valence-corrected chi connectivity index (χ2v) is 3.37. The molecule has 0 saturated carbocycles. The van der Waals surface area contributed by atoms with E-state index in [-0.39, 0.29) is 6.42 Å². The van der Waals surface area contributed by atoms with Crippen LogP contribution in [0.2, 0.25) is 0 Å². The number of hydrogen-bond donors (Lipinski definition) is 1. The Balaban J connectivity index is 0.000000673. The molecule has 0 unspecified atom stereocenters. The molecule has 0 spiro atoms. The van der Waals surface area contributed by atoms with Crippen molar-refractivity contribution in [1.82, 2.24) is 0 Å². The molecule has 0 radical (unpaired) electrons. The topological polar surface area (TPSA) is 49.7 Å². The van der Waals surface area contributed by atoms with Gasteiger partial charge in [-0.25, -0.2) is 0 Å². The molecule has 0 aromatic heterocycles. The number of benzene rings is 1. The lowest BCUT2D eigenvalue weighted by molar-refractivity contribution is -0.136. The number of rotatable bonds is 3. The van der Waals surface area contributed by atoms with Crippen LogP contribution in [0.1, 0.15) is 5.56 Å². The van der Waals surface area contributed by atoms with Gasteiger partial charge in [-0.05, 0) is 54.3 Å². The minimum absolute atomic E-state index is 0.0293. The number of hydrogen-bond acceptors (Lipinski definition) is 5. The van der Waals surface area contributed by atoms with Crippen molar-refractivity contribution in [2.75, 3.05) is 0 Å². The van der Waals surface area contributed by atoms with Crippen molar-refractivity contribution in [3.63, 3.8) is 0 Å². The molecule has 0 fully saturated rings. The van der Waals surface area contributed by atoms with Crippen molar-refractivity contribution >= 4 is 57.8 Å². The smallest absolute Gasteiger partial charge is 0.307 e. The lowest BCUT2D eigenvalue weighted by atomic mass is 10.1. The van der Waals surface area contributed by atoms with Gasteiger partial charge >= 0.3 is 5.97 Å². The van der Waals surface area contributed by atoms with Crippen molar-refractivity contribution in [2.45, 2.75) is 6.42 Å². The predicted molar refractivity (Wildman–Crippen MR) is 72.7 cm³/mol. The highest BCUT2D eigenvalue weighted by molar-refractivity contribution is 7.93. The van der Waals surface area contributed by atoms with Crippen LogP contribution in [0, 0.1) is 0 Å². The zero-order valence-electron chi connectivity index (χ0n) is 8.04. The van der Waals surface area contributed by atoms with Crippen LogP contribution in [0.15, 0.2) is 29.3 Å². The van der Waals surface area contributed by atoms with Crippen LogP contribution >= 0.6 is 36.7 Å². The van der Waals surface area contributed by atoms with Gasteiger partial charge in [-0.2, -0.15) is 4.99 Å². The average Bonchev–Trinajstić information content (AvgIpc) is 2.22. The first-order valence-electron chi connectivity index (χ1n) is 4.02. The molecule has 6 heteroatoms. The number of isothiocyanates is 1. The van der Waals surface area contributed by atoms with Gasteiger partial charge in [-0.15, -0.1) is 0 Å². The molecule has 0 amide bonds. The first-order chi connectivity index (χ1) is 7.63. The van der Waals surface area contributed by atoms with E-state index in [4.69, 9.17) is 5.11 Å². The van der Waals surface area contributed by atoms with Crippen molar-refractivity contribution in [3.05, 3.63) is 29.8 Å². The van der Waals surface area contributed by atoms with Gasteiger partial charge in [0.2, 0.25) is 0 Å². The number of aliphatic carboxylic acids is 1. The molecule has 0 heterocycles. The molecule has 0 saturated heterocycles. The van der Waals surface area contributed by atoms with Crippen molar-refractivity contribution < 1.29 is 9.90 Å². The fourth-order valence-electron chi connectivity index (χ4n) is 0.916. The Morgan fingerprint density at radius 1 is 1.25 bits per heavy atom. The number of aliphatic imine (C=N–C) groups is 1. The van der Waals surface area contributed by atoms with E-state index in [2.05, 4.69) is 46.8 Å². The van der Waals surface area contributed by atoms with E-state index in [0.29, 0.717) is 5.69 Å². The summed E-state index contributed by atoms with van der Waals surface area (Å²) in [5, 5.41) is 10.7. The van der Waals surface area contributed by atoms with Gasteiger partial charge in [0.25, 0.3) is 0 Å². The van der Waals surface area contributed by atoms with Crippen molar-refractivity contribution in [1.29, 1.82) is 0 Å². The molecule has 0 atom stereocenters. The number of carboxylic acid groups (broad SMARTS) is 1. The Kier molecular flexibility index (Phi) is 8.25. The molecular weight excluding hydrogens is 262 g/mol. The van der Waals surface area contributed by atoms with E-state index in [1.165, 1.54) is 0 Å². The van der Waals surface area contributed by atoms with Gasteiger partial charge in [0.05, 0.1) is 17.3 Å². The van der Waals surface area contributed by atoms with Gasteiger partial charge in [0, 0.05) is 4.31 Å². The Morgan fingerprint density at radius 2 is 1.75 bits per heavy atom. The zero-order chi connectivity index (χ0) is 12.4. The van der Waals surface area contributed by atoms with Gasteiger partial charge in [0.1, 0.15) is 0 Å². The Labute approximate surface area is 109 Å². The molecule has 0 aliphatic rings. The maximum atomic E-state index is 10.3. The number of thiocarbonyl (C=S) groups is 3. The van der Waals surface area contributed by atoms with Gasteiger partial charge in [0.15, 0.2) is 0 Å². The van der Waals surface area contributed by atoms with Crippen LogP contribution in [0.3, 0.4) is 0 Å². The Morgan fingerprint density at radius 3 is 2.12 bits per heavy atom. The molecule has 82 valence electrons. The van der Waals surface area contributed by atoms with E-state index in [1.807, 2.05) is 4.31 Å². The summed E-state index contributed by atoms with van der Waals surface area (Å²) in [6.07, 6.45) is 0.0293. The highest BCUT2D eigenvalue weighted by atomic mass is 32.1. The van der Waals surface area contributed by atoms with Crippen LogP contribution in [-0.2, 0) is 11.2 Å². The molecular formula is C10H7NO2S3. The Hall–Kier alpha value is -1.29. The van der Waals surface area contributed by atoms with Crippen LogP contribution in [0.25, 0.3) is 0 Å². The Bertz CT molecular complexity index is 430. The number of carbonyl (C=O) groups is 1. The first kappa shape index (κ1) is 14.7. The van der Waals surface area contributed by atoms with E-state index >= 15 is 0 Å². The summed E-state index contributed by atoms with van der Waals surface area (Å²) in [5.41, 5.74) is 1.43. The third kappa shape index (κ3) is 7.06. The molecule has 1 N–H and O–H groups in total. The SMILES string of the molecule is O=C(O)Cc1ccc(N=C=S)cc1.S=C=S. The lowest BCUT2D eigenvalue weighted by Crippen LogP contribution is -1.98. The molecule has 0 aliphatic carbocycles. The summed E-state index contributed by atoms with van der Waals surface area (Å²) >= 11 is 12.3. The van der Waals surface area contributed by atoms with Gasteiger partial charge < -0.3 is 5.11 Å². The summed E-state index contributed by atoms with van der Waals surface area (Å²) in [4.78, 5) is 14.1. The second-order valence-electron chi connectivity index (χ2n) is 2.52. The summed E-state index contributed by atoms with van der Waals surface area (Å²) in [6.45, 7) is 0. The quantitative estimate of drug-likeness (QED) is 0.675. The van der Waals surface area contributed by atoms with E-state index in [1.54, 1.807) is 24.3 Å². The summed E-state index contributed by atoms with van der Waals surface area (Å²) in [7, 11) is 0.